The van der Waals surface area contributed by atoms with Crippen LogP contribution in [0.25, 0.3) is 0 Å². The number of anilines is 2. The minimum Gasteiger partial charge on any atom is -0.353 e. The molecule has 4 rings (SSSR count). The van der Waals surface area contributed by atoms with E-state index in [1.807, 2.05) is 26.2 Å². The molecule has 2 aromatic rings. The second-order valence-corrected chi connectivity index (χ2v) is 8.23. The molecule has 3 heterocycles. The Balaban J connectivity index is 1.49. The van der Waals surface area contributed by atoms with Crippen molar-refractivity contribution < 1.29 is 0 Å². The lowest BCUT2D eigenvalue weighted by Gasteiger charge is -2.36. The minimum atomic E-state index is -0.0504. The number of rotatable bonds is 5. The van der Waals surface area contributed by atoms with Gasteiger partial charge in [0.2, 0.25) is 0 Å². The Hall–Kier alpha value is -2.09. The molecule has 0 N–H and O–H groups in total. The Morgan fingerprint density at radius 1 is 1.04 bits per heavy atom. The van der Waals surface area contributed by atoms with Gasteiger partial charge in [-0.15, -0.1) is 0 Å². The standard InChI is InChI=1S/C19H26N6OS/c1-13(2)25-18(26)7-6-16(22-25)23-8-10-24(11-9-23)17-12-15(14-4-5-14)20-19(21-17)27-3/h6-7,12-14H,4-5,8-11H2,1-3H3. The topological polar surface area (TPSA) is 67.2 Å². The van der Waals surface area contributed by atoms with Gasteiger partial charge in [0, 0.05) is 44.2 Å². The number of hydrogen-bond acceptors (Lipinski definition) is 7. The monoisotopic (exact) mass is 386 g/mol. The molecule has 144 valence electrons. The molecule has 0 aromatic carbocycles. The zero-order valence-corrected chi connectivity index (χ0v) is 16.9. The third-order valence-electron chi connectivity index (χ3n) is 5.12. The smallest absolute Gasteiger partial charge is 0.267 e. The fourth-order valence-electron chi connectivity index (χ4n) is 3.39. The number of aromatic nitrogens is 4. The van der Waals surface area contributed by atoms with E-state index in [2.05, 4.69) is 25.9 Å². The fraction of sp³-hybridized carbons (Fsp3) is 0.579. The fourth-order valence-corrected chi connectivity index (χ4v) is 3.77. The zero-order chi connectivity index (χ0) is 19.0. The molecule has 0 unspecified atom stereocenters. The highest BCUT2D eigenvalue weighted by Gasteiger charge is 2.28. The van der Waals surface area contributed by atoms with Gasteiger partial charge in [-0.2, -0.15) is 5.10 Å². The molecule has 1 aliphatic carbocycles. The highest BCUT2D eigenvalue weighted by Crippen LogP contribution is 2.40. The summed E-state index contributed by atoms with van der Waals surface area (Å²) in [6, 6.07) is 5.68. The summed E-state index contributed by atoms with van der Waals surface area (Å²) >= 11 is 1.61. The lowest BCUT2D eigenvalue weighted by molar-refractivity contribution is 0.497. The first kappa shape index (κ1) is 18.3. The van der Waals surface area contributed by atoms with Gasteiger partial charge in [-0.25, -0.2) is 14.6 Å². The maximum absolute atomic E-state index is 11.9. The summed E-state index contributed by atoms with van der Waals surface area (Å²) < 4.78 is 1.55. The Bertz CT molecular complexity index is 871. The minimum absolute atomic E-state index is 0.0504. The van der Waals surface area contributed by atoms with Crippen molar-refractivity contribution in [3.63, 3.8) is 0 Å². The van der Waals surface area contributed by atoms with Crippen molar-refractivity contribution in [1.82, 2.24) is 19.7 Å². The molecule has 1 aliphatic heterocycles. The van der Waals surface area contributed by atoms with Crippen LogP contribution >= 0.6 is 11.8 Å². The molecule has 0 atom stereocenters. The van der Waals surface area contributed by atoms with Crippen molar-refractivity contribution in [1.29, 1.82) is 0 Å². The first-order valence-electron chi connectivity index (χ1n) is 9.58. The van der Waals surface area contributed by atoms with Crippen LogP contribution in [0.15, 0.2) is 28.2 Å². The molecule has 0 spiro atoms. The summed E-state index contributed by atoms with van der Waals surface area (Å²) in [6.45, 7) is 7.45. The summed E-state index contributed by atoms with van der Waals surface area (Å²) in [5.41, 5.74) is 1.14. The second kappa shape index (κ2) is 7.50. The average Bonchev–Trinajstić information content (AvgIpc) is 3.53. The van der Waals surface area contributed by atoms with Crippen LogP contribution in [0, 0.1) is 0 Å². The summed E-state index contributed by atoms with van der Waals surface area (Å²) in [5, 5.41) is 5.41. The molecule has 2 fully saturated rings. The van der Waals surface area contributed by atoms with Crippen LogP contribution < -0.4 is 15.4 Å². The SMILES string of the molecule is CSc1nc(C2CC2)cc(N2CCN(c3ccc(=O)n(C(C)C)n3)CC2)n1. The van der Waals surface area contributed by atoms with Crippen LogP contribution in [0.3, 0.4) is 0 Å². The van der Waals surface area contributed by atoms with E-state index in [1.165, 1.54) is 18.5 Å². The summed E-state index contributed by atoms with van der Waals surface area (Å²) in [7, 11) is 0. The van der Waals surface area contributed by atoms with Crippen molar-refractivity contribution in [2.75, 3.05) is 42.2 Å². The predicted octanol–water partition coefficient (Wildman–Crippen LogP) is 2.54. The first-order chi connectivity index (χ1) is 13.0. The van der Waals surface area contributed by atoms with Crippen molar-refractivity contribution in [3.05, 3.63) is 34.2 Å². The van der Waals surface area contributed by atoms with E-state index in [0.29, 0.717) is 5.92 Å². The highest BCUT2D eigenvalue weighted by molar-refractivity contribution is 7.98. The van der Waals surface area contributed by atoms with Gasteiger partial charge >= 0.3 is 0 Å². The van der Waals surface area contributed by atoms with Crippen LogP contribution in [0.5, 0.6) is 0 Å². The van der Waals surface area contributed by atoms with Gasteiger partial charge in [0.1, 0.15) is 11.6 Å². The Morgan fingerprint density at radius 2 is 1.70 bits per heavy atom. The van der Waals surface area contributed by atoms with Crippen LogP contribution in [0.1, 0.15) is 44.3 Å². The highest BCUT2D eigenvalue weighted by atomic mass is 32.2. The molecule has 2 aliphatic rings. The lowest BCUT2D eigenvalue weighted by Crippen LogP contribution is -2.47. The van der Waals surface area contributed by atoms with Crippen LogP contribution in [0.4, 0.5) is 11.6 Å². The average molecular weight is 387 g/mol. The maximum Gasteiger partial charge on any atom is 0.267 e. The summed E-state index contributed by atoms with van der Waals surface area (Å²) in [6.07, 6.45) is 4.52. The van der Waals surface area contributed by atoms with E-state index in [1.54, 1.807) is 22.5 Å². The van der Waals surface area contributed by atoms with E-state index in [4.69, 9.17) is 4.98 Å². The Kier molecular flexibility index (Phi) is 5.08. The van der Waals surface area contributed by atoms with Crippen molar-refractivity contribution in [2.24, 2.45) is 0 Å². The van der Waals surface area contributed by atoms with Gasteiger partial charge in [-0.05, 0) is 39.0 Å². The molecule has 27 heavy (non-hydrogen) atoms. The number of thioether (sulfide) groups is 1. The van der Waals surface area contributed by atoms with Gasteiger partial charge in [-0.3, -0.25) is 4.79 Å². The molecule has 0 radical (unpaired) electrons. The molecule has 0 bridgehead atoms. The van der Waals surface area contributed by atoms with Gasteiger partial charge in [0.05, 0.1) is 11.7 Å². The van der Waals surface area contributed by atoms with Crippen LogP contribution in [-0.2, 0) is 0 Å². The van der Waals surface area contributed by atoms with Crippen LogP contribution in [-0.4, -0.2) is 52.2 Å². The zero-order valence-electron chi connectivity index (χ0n) is 16.1. The third kappa shape index (κ3) is 3.95. The molecule has 1 saturated carbocycles. The van der Waals surface area contributed by atoms with Gasteiger partial charge in [0.25, 0.3) is 5.56 Å². The van der Waals surface area contributed by atoms with E-state index in [0.717, 1.165) is 43.0 Å². The van der Waals surface area contributed by atoms with Gasteiger partial charge in [-0.1, -0.05) is 11.8 Å². The van der Waals surface area contributed by atoms with Crippen molar-refractivity contribution in [2.45, 2.75) is 43.8 Å². The summed E-state index contributed by atoms with van der Waals surface area (Å²) in [4.78, 5) is 25.9. The van der Waals surface area contributed by atoms with Gasteiger partial charge < -0.3 is 9.80 Å². The maximum atomic E-state index is 11.9. The Labute approximate surface area is 163 Å². The quantitative estimate of drug-likeness (QED) is 0.578. The lowest BCUT2D eigenvalue weighted by atomic mass is 10.2. The van der Waals surface area contributed by atoms with Crippen molar-refractivity contribution in [3.8, 4) is 0 Å². The Morgan fingerprint density at radius 3 is 2.30 bits per heavy atom. The third-order valence-corrected chi connectivity index (χ3v) is 5.67. The molecule has 1 saturated heterocycles. The van der Waals surface area contributed by atoms with E-state index < -0.39 is 0 Å². The molecular formula is C19H26N6OS. The first-order valence-corrected chi connectivity index (χ1v) is 10.8. The van der Waals surface area contributed by atoms with Crippen molar-refractivity contribution >= 4 is 23.4 Å². The number of piperazine rings is 1. The summed E-state index contributed by atoms with van der Waals surface area (Å²) in [5.74, 6) is 2.53. The van der Waals surface area contributed by atoms with Crippen LogP contribution in [0.2, 0.25) is 0 Å². The van der Waals surface area contributed by atoms with E-state index in [-0.39, 0.29) is 11.6 Å². The predicted molar refractivity (Wildman–Crippen MR) is 109 cm³/mol. The molecular weight excluding hydrogens is 360 g/mol. The van der Waals surface area contributed by atoms with E-state index in [9.17, 15) is 4.79 Å². The largest absolute Gasteiger partial charge is 0.353 e. The van der Waals surface area contributed by atoms with E-state index >= 15 is 0 Å². The number of nitrogens with zero attached hydrogens (tertiary/aromatic N) is 6. The number of hydrogen-bond donors (Lipinski definition) is 0. The van der Waals surface area contributed by atoms with Gasteiger partial charge in [0.15, 0.2) is 5.16 Å². The molecule has 2 aromatic heterocycles. The second-order valence-electron chi connectivity index (χ2n) is 7.45. The normalized spacial score (nSPS) is 17.6. The molecule has 8 heteroatoms. The molecule has 7 nitrogen and oxygen atoms in total. The molecule has 0 amide bonds.